The monoisotopic (exact) mass is 532 g/mol. The van der Waals surface area contributed by atoms with Crippen LogP contribution in [0.25, 0.3) is 16.9 Å². The first kappa shape index (κ1) is 25.6. The number of nitrogens with one attached hydrogen (secondary N) is 1. The van der Waals surface area contributed by atoms with Crippen LogP contribution in [0.5, 0.6) is 0 Å². The Balaban J connectivity index is 1.43. The van der Waals surface area contributed by atoms with Crippen molar-refractivity contribution in [1.82, 2.24) is 9.88 Å². The molecule has 37 heavy (non-hydrogen) atoms. The number of ether oxygens (including phenoxy) is 1. The molecule has 1 heterocycles. The molecule has 0 aliphatic heterocycles. The van der Waals surface area contributed by atoms with Gasteiger partial charge in [-0.05, 0) is 61.2 Å². The number of carbonyl (C=O) groups excluding carboxylic acids is 1. The van der Waals surface area contributed by atoms with Crippen molar-refractivity contribution in [2.75, 3.05) is 0 Å². The van der Waals surface area contributed by atoms with Crippen molar-refractivity contribution < 1.29 is 9.53 Å². The summed E-state index contributed by atoms with van der Waals surface area (Å²) < 4.78 is 8.34. The molecule has 4 aromatic rings. The SMILES string of the molecule is Cc1c(C(=O)N[C@@H]2CCCC[C@H]2OCc2ccccc2)cc(-c2ccc(Cl)cc2)n1-c1ccccc1Cl. The van der Waals surface area contributed by atoms with E-state index in [2.05, 4.69) is 17.4 Å². The van der Waals surface area contributed by atoms with E-state index in [1.54, 1.807) is 0 Å². The Morgan fingerprint density at radius 1 is 0.946 bits per heavy atom. The predicted molar refractivity (Wildman–Crippen MR) is 151 cm³/mol. The fourth-order valence-electron chi connectivity index (χ4n) is 5.10. The van der Waals surface area contributed by atoms with E-state index in [-0.39, 0.29) is 18.1 Å². The Labute approximate surface area is 228 Å². The first-order valence-corrected chi connectivity index (χ1v) is 13.5. The van der Waals surface area contributed by atoms with Crippen molar-refractivity contribution in [2.24, 2.45) is 0 Å². The van der Waals surface area contributed by atoms with Crippen molar-refractivity contribution >= 4 is 29.1 Å². The molecule has 1 saturated carbocycles. The molecule has 0 saturated heterocycles. The summed E-state index contributed by atoms with van der Waals surface area (Å²) >= 11 is 12.8. The van der Waals surface area contributed by atoms with Gasteiger partial charge in [0.25, 0.3) is 5.91 Å². The number of hydrogen-bond donors (Lipinski definition) is 1. The molecule has 190 valence electrons. The Morgan fingerprint density at radius 3 is 2.41 bits per heavy atom. The molecule has 1 fully saturated rings. The van der Waals surface area contributed by atoms with Gasteiger partial charge in [-0.1, -0.05) is 90.6 Å². The molecular formula is C31H30Cl2N2O2. The molecule has 0 radical (unpaired) electrons. The molecule has 1 N–H and O–H groups in total. The fourth-order valence-corrected chi connectivity index (χ4v) is 5.44. The number of nitrogens with zero attached hydrogens (tertiary/aromatic N) is 1. The van der Waals surface area contributed by atoms with Crippen LogP contribution >= 0.6 is 23.2 Å². The van der Waals surface area contributed by atoms with Gasteiger partial charge in [0.2, 0.25) is 0 Å². The van der Waals surface area contributed by atoms with E-state index in [0.717, 1.165) is 53.9 Å². The average molecular weight is 533 g/mol. The first-order chi connectivity index (χ1) is 18.0. The minimum Gasteiger partial charge on any atom is -0.371 e. The largest absolute Gasteiger partial charge is 0.371 e. The maximum Gasteiger partial charge on any atom is 0.253 e. The minimum absolute atomic E-state index is 0.0143. The van der Waals surface area contributed by atoms with Crippen LogP contribution < -0.4 is 5.32 Å². The molecule has 0 bridgehead atoms. The van der Waals surface area contributed by atoms with Gasteiger partial charge in [-0.2, -0.15) is 0 Å². The highest BCUT2D eigenvalue weighted by Gasteiger charge is 2.29. The molecule has 5 rings (SSSR count). The van der Waals surface area contributed by atoms with Gasteiger partial charge in [-0.25, -0.2) is 0 Å². The molecule has 3 aromatic carbocycles. The molecule has 2 atom stereocenters. The van der Waals surface area contributed by atoms with Crippen molar-refractivity contribution in [3.63, 3.8) is 0 Å². The van der Waals surface area contributed by atoms with Crippen LogP contribution in [-0.4, -0.2) is 22.6 Å². The zero-order chi connectivity index (χ0) is 25.8. The normalized spacial score (nSPS) is 17.5. The standard InChI is InChI=1S/C31H30Cl2N2O2/c1-21-25(31(36)34-27-12-6-8-14-30(27)37-20-22-9-3-2-4-10-22)19-29(23-15-17-24(32)18-16-23)35(21)28-13-7-5-11-26(28)33/h2-5,7,9-11,13,15-19,27,30H,6,8,12,14,20H2,1H3,(H,34,36)/t27-,30-/m1/s1. The number of rotatable bonds is 7. The quantitative estimate of drug-likeness (QED) is 0.262. The minimum atomic E-state index is -0.0984. The maximum absolute atomic E-state index is 13.7. The summed E-state index contributed by atoms with van der Waals surface area (Å²) in [5.41, 5.74) is 5.25. The summed E-state index contributed by atoms with van der Waals surface area (Å²) in [6, 6.07) is 27.4. The molecule has 1 aliphatic carbocycles. The van der Waals surface area contributed by atoms with E-state index in [1.807, 2.05) is 84.3 Å². The molecule has 1 aliphatic rings. The average Bonchev–Trinajstić information content (AvgIpc) is 3.26. The fraction of sp³-hybridized carbons (Fsp3) is 0.258. The van der Waals surface area contributed by atoms with E-state index in [9.17, 15) is 4.79 Å². The summed E-state index contributed by atoms with van der Waals surface area (Å²) in [7, 11) is 0. The van der Waals surface area contributed by atoms with Crippen LogP contribution in [0, 0.1) is 6.92 Å². The number of para-hydroxylation sites is 1. The van der Waals surface area contributed by atoms with Gasteiger partial charge in [0, 0.05) is 10.7 Å². The summed E-state index contributed by atoms with van der Waals surface area (Å²) in [5, 5.41) is 4.57. The second kappa shape index (κ2) is 11.6. The van der Waals surface area contributed by atoms with Gasteiger partial charge in [-0.15, -0.1) is 0 Å². The van der Waals surface area contributed by atoms with Gasteiger partial charge in [0.05, 0.1) is 40.7 Å². The van der Waals surface area contributed by atoms with E-state index >= 15 is 0 Å². The van der Waals surface area contributed by atoms with Crippen LogP contribution in [0.2, 0.25) is 10.0 Å². The summed E-state index contributed by atoms with van der Waals surface area (Å²) in [5.74, 6) is -0.0984. The number of amides is 1. The molecule has 1 aromatic heterocycles. The van der Waals surface area contributed by atoms with Crippen molar-refractivity contribution in [3.05, 3.63) is 112 Å². The summed E-state index contributed by atoms with van der Waals surface area (Å²) in [6.45, 7) is 2.50. The predicted octanol–water partition coefficient (Wildman–Crippen LogP) is 8.02. The lowest BCUT2D eigenvalue weighted by Crippen LogP contribution is -2.46. The maximum atomic E-state index is 13.7. The smallest absolute Gasteiger partial charge is 0.253 e. The number of aromatic nitrogens is 1. The highest BCUT2D eigenvalue weighted by atomic mass is 35.5. The Hall–Kier alpha value is -3.05. The second-order valence-corrected chi connectivity index (χ2v) is 10.4. The lowest BCUT2D eigenvalue weighted by atomic mass is 9.92. The highest BCUT2D eigenvalue weighted by molar-refractivity contribution is 6.32. The van der Waals surface area contributed by atoms with Gasteiger partial charge in [-0.3, -0.25) is 4.79 Å². The molecular weight excluding hydrogens is 503 g/mol. The second-order valence-electron chi connectivity index (χ2n) is 9.52. The van der Waals surface area contributed by atoms with Crippen LogP contribution in [0.3, 0.4) is 0 Å². The van der Waals surface area contributed by atoms with Crippen LogP contribution in [0.4, 0.5) is 0 Å². The number of carbonyl (C=O) groups is 1. The van der Waals surface area contributed by atoms with E-state index < -0.39 is 0 Å². The lowest BCUT2D eigenvalue weighted by Gasteiger charge is -2.32. The van der Waals surface area contributed by atoms with Crippen molar-refractivity contribution in [3.8, 4) is 16.9 Å². The molecule has 4 nitrogen and oxygen atoms in total. The third-order valence-corrected chi connectivity index (χ3v) is 7.62. The summed E-state index contributed by atoms with van der Waals surface area (Å²) in [4.78, 5) is 13.7. The molecule has 0 unspecified atom stereocenters. The number of benzene rings is 3. The third kappa shape index (κ3) is 5.77. The molecule has 0 spiro atoms. The summed E-state index contributed by atoms with van der Waals surface area (Å²) in [6.07, 6.45) is 4.01. The molecule has 1 amide bonds. The van der Waals surface area contributed by atoms with Crippen LogP contribution in [-0.2, 0) is 11.3 Å². The zero-order valence-electron chi connectivity index (χ0n) is 20.8. The topological polar surface area (TPSA) is 43.3 Å². The third-order valence-electron chi connectivity index (χ3n) is 7.05. The van der Waals surface area contributed by atoms with E-state index in [4.69, 9.17) is 27.9 Å². The van der Waals surface area contributed by atoms with Gasteiger partial charge >= 0.3 is 0 Å². The molecule has 6 heteroatoms. The van der Waals surface area contributed by atoms with E-state index in [1.165, 1.54) is 0 Å². The van der Waals surface area contributed by atoms with Gasteiger partial charge in [0.15, 0.2) is 0 Å². The van der Waals surface area contributed by atoms with E-state index in [0.29, 0.717) is 22.2 Å². The first-order valence-electron chi connectivity index (χ1n) is 12.7. The Bertz CT molecular complexity index is 1370. The lowest BCUT2D eigenvalue weighted by molar-refractivity contribution is -0.00462. The van der Waals surface area contributed by atoms with Crippen LogP contribution in [0.1, 0.15) is 47.3 Å². The Morgan fingerprint density at radius 2 is 1.65 bits per heavy atom. The number of hydrogen-bond acceptors (Lipinski definition) is 2. The van der Waals surface area contributed by atoms with Gasteiger partial charge < -0.3 is 14.6 Å². The highest BCUT2D eigenvalue weighted by Crippen LogP contribution is 2.33. The number of halogens is 2. The Kier molecular flexibility index (Phi) is 7.99. The zero-order valence-corrected chi connectivity index (χ0v) is 22.3. The van der Waals surface area contributed by atoms with Gasteiger partial charge in [0.1, 0.15) is 0 Å². The van der Waals surface area contributed by atoms with Crippen molar-refractivity contribution in [1.29, 1.82) is 0 Å². The van der Waals surface area contributed by atoms with Crippen LogP contribution in [0.15, 0.2) is 84.9 Å². The van der Waals surface area contributed by atoms with Crippen molar-refractivity contribution in [2.45, 2.75) is 51.4 Å².